The van der Waals surface area contributed by atoms with Gasteiger partial charge in [-0.3, -0.25) is 0 Å². The van der Waals surface area contributed by atoms with Crippen molar-refractivity contribution in [1.82, 2.24) is 0 Å². The zero-order chi connectivity index (χ0) is 7.41. The van der Waals surface area contributed by atoms with E-state index in [1.165, 1.54) is 16.6 Å². The van der Waals surface area contributed by atoms with E-state index in [0.717, 1.165) is 0 Å². The van der Waals surface area contributed by atoms with E-state index in [1.807, 2.05) is 0 Å². The van der Waals surface area contributed by atoms with Crippen molar-refractivity contribution in [1.29, 1.82) is 0 Å². The third kappa shape index (κ3) is 331. The predicted molar refractivity (Wildman–Crippen MR) is 24.6 cm³/mol. The van der Waals surface area contributed by atoms with E-state index in [1.54, 1.807) is 0 Å². The van der Waals surface area contributed by atoms with Crippen LogP contribution in [-0.4, -0.2) is 43.9 Å². The van der Waals surface area contributed by atoms with Crippen molar-refractivity contribution in [3.8, 4) is 0 Å². The molecule has 0 aliphatic rings. The van der Waals surface area contributed by atoms with Gasteiger partial charge in [0.05, 0.1) is 0 Å². The predicted octanol–water partition coefficient (Wildman–Crippen LogP) is -1.71. The van der Waals surface area contributed by atoms with E-state index in [2.05, 4.69) is 0 Å². The number of rotatable bonds is 0. The van der Waals surface area contributed by atoms with Crippen LogP contribution in [0, 0.1) is 0 Å². The van der Waals surface area contributed by atoms with Crippen LogP contribution in [0.2, 0.25) is 0 Å². The van der Waals surface area contributed by atoms with Crippen LogP contribution in [0.1, 0.15) is 0 Å². The quantitative estimate of drug-likeness (QED) is 0.270. The van der Waals surface area contributed by atoms with Crippen molar-refractivity contribution in [2.45, 2.75) is 0 Å². The van der Waals surface area contributed by atoms with Gasteiger partial charge in [-0.05, 0) is 0 Å². The summed E-state index contributed by atoms with van der Waals surface area (Å²) in [7, 11) is 0. The van der Waals surface area contributed by atoms with Crippen molar-refractivity contribution in [2.24, 2.45) is 0 Å². The van der Waals surface area contributed by atoms with Gasteiger partial charge >= 0.3 is 20.8 Å². The summed E-state index contributed by atoms with van der Waals surface area (Å²) in [5.74, 6) is 0. The Morgan fingerprint density at radius 2 is 1.00 bits per heavy atom. The Morgan fingerprint density at radius 3 is 1.00 bits per heavy atom. The molecule has 0 amide bonds. The first-order valence-corrected chi connectivity index (χ1v) is 1.63. The van der Waals surface area contributed by atoms with E-state index < -0.39 is 0 Å². The van der Waals surface area contributed by atoms with E-state index in [-0.39, 0.29) is 0 Å². The zero-order valence-electron chi connectivity index (χ0n) is 3.74. The Kier molecular flexibility index (Phi) is 181. The second-order valence-corrected chi connectivity index (χ2v) is 0.183. The summed E-state index contributed by atoms with van der Waals surface area (Å²) >= 11 is 1.42. The van der Waals surface area contributed by atoms with Crippen molar-refractivity contribution in [2.75, 3.05) is 0 Å². The molecule has 0 aliphatic carbocycles. The van der Waals surface area contributed by atoms with Gasteiger partial charge in [-0.2, -0.15) is 0 Å². The van der Waals surface area contributed by atoms with Gasteiger partial charge < -0.3 is 19.8 Å². The molecule has 0 bridgehead atoms. The Morgan fingerprint density at radius 1 is 1.00 bits per heavy atom. The molecule has 0 atom stereocenters. The van der Waals surface area contributed by atoms with Gasteiger partial charge in [0.25, 0.3) is 0 Å². The molecule has 0 saturated heterocycles. The molecule has 3 N–H and O–H groups in total. The van der Waals surface area contributed by atoms with Gasteiger partial charge in [0.15, 0.2) is 0 Å². The standard InChI is InChI=1S/2CHO2.Al.H2O/c2*2-1-3;;/h2*(H,2,3);;1H2/q2*-1;+3;/p-1. The Balaban J connectivity index is -0.0000000483. The molecule has 0 aromatic rings. The molecule has 0 fully saturated rings. The maximum atomic E-state index is 8.24. The molecule has 0 aromatic carbocycles. The van der Waals surface area contributed by atoms with Gasteiger partial charge in [0.1, 0.15) is 0 Å². The second kappa shape index (κ2) is 92.5. The molecule has 5 nitrogen and oxygen atoms in total. The topological polar surface area (TPSA) is 94.8 Å². The second-order valence-electron chi connectivity index (χ2n) is 0.183. The van der Waals surface area contributed by atoms with Gasteiger partial charge in [0, 0.05) is 0 Å². The van der Waals surface area contributed by atoms with Crippen molar-refractivity contribution >= 4 is 29.6 Å². The van der Waals surface area contributed by atoms with Crippen molar-refractivity contribution in [3.05, 3.63) is 0 Å². The van der Waals surface area contributed by atoms with Crippen LogP contribution in [-0.2, 0) is 9.59 Å². The molecular formula is C2H3AlO5. The van der Waals surface area contributed by atoms with Gasteiger partial charge in [-0.1, -0.05) is 12.9 Å². The molecule has 0 radical (unpaired) electrons. The van der Waals surface area contributed by atoms with Crippen LogP contribution in [0.5, 0.6) is 0 Å². The third-order valence-electron chi connectivity index (χ3n) is 0. The summed E-state index contributed by atoms with van der Waals surface area (Å²) in [6, 6.07) is 0. The molecule has 0 spiro atoms. The summed E-state index contributed by atoms with van der Waals surface area (Å²) in [5.41, 5.74) is 0. The maximum absolute atomic E-state index is 8.24. The number of hydrogen-bond donors (Lipinski definition) is 3. The van der Waals surface area contributed by atoms with Gasteiger partial charge in [0.2, 0.25) is 0 Å². The molecule has 0 aliphatic heterocycles. The third-order valence-corrected chi connectivity index (χ3v) is 0. The fourth-order valence-corrected chi connectivity index (χ4v) is 0. The monoisotopic (exact) mass is 134 g/mol. The average molecular weight is 134 g/mol. The summed E-state index contributed by atoms with van der Waals surface area (Å²) < 4.78 is 6.92. The minimum atomic E-state index is 0.500. The van der Waals surface area contributed by atoms with Crippen LogP contribution in [0.3, 0.4) is 0 Å². The fourth-order valence-electron chi connectivity index (χ4n) is 0. The molecule has 0 rings (SSSR count). The normalized spacial score (nSPS) is 3.88. The molecular weight excluding hydrogens is 131 g/mol. The van der Waals surface area contributed by atoms with Crippen molar-refractivity contribution in [3.63, 3.8) is 0 Å². The first-order valence-electron chi connectivity index (χ1n) is 1.11. The minimum absolute atomic E-state index is 0.500. The molecule has 8 heavy (non-hydrogen) atoms. The van der Waals surface area contributed by atoms with Crippen LogP contribution >= 0.6 is 0 Å². The first-order chi connectivity index (χ1) is 3.83. The Bertz CT molecular complexity index is 31.4. The van der Waals surface area contributed by atoms with Crippen LogP contribution in [0.25, 0.3) is 0 Å². The summed E-state index contributed by atoms with van der Waals surface area (Å²) in [6.07, 6.45) is 0. The Hall–Kier alpha value is -0.568. The summed E-state index contributed by atoms with van der Waals surface area (Å²) in [6.45, 7) is 1.00. The summed E-state index contributed by atoms with van der Waals surface area (Å²) in [4.78, 5) is 16.5. The van der Waals surface area contributed by atoms with Gasteiger partial charge in [-0.25, -0.2) is 0 Å². The molecule has 0 saturated carbocycles. The number of aliphatic hydroxyl groups excluding tert-OH is 2. The fraction of sp³-hybridized carbons (Fsp3) is 0. The van der Waals surface area contributed by atoms with Crippen LogP contribution < -0.4 is 0 Å². The Labute approximate surface area is 54.3 Å². The first kappa shape index (κ1) is 15.7. The van der Waals surface area contributed by atoms with E-state index >= 15 is 0 Å². The zero-order valence-corrected chi connectivity index (χ0v) is 4.89. The van der Waals surface area contributed by atoms with E-state index in [0.29, 0.717) is 12.9 Å². The summed E-state index contributed by atoms with van der Waals surface area (Å²) in [5, 5.41) is 13.5. The molecule has 0 heterocycles. The number of hydrogen-bond acceptors (Lipinski definition) is 3. The average Bonchev–Trinajstić information content (AvgIpc) is 1.75. The SMILES string of the molecule is O=[C-]O.O=[C-]O.[OH][Al+2]. The van der Waals surface area contributed by atoms with Crippen molar-refractivity contribution < 1.29 is 24.0 Å². The van der Waals surface area contributed by atoms with Gasteiger partial charge in [-0.15, -0.1) is 0 Å². The molecule has 44 valence electrons. The van der Waals surface area contributed by atoms with Crippen LogP contribution in [0.15, 0.2) is 0 Å². The molecule has 0 unspecified atom stereocenters. The molecule has 6 heteroatoms. The van der Waals surface area contributed by atoms with Crippen LogP contribution in [0.4, 0.5) is 0 Å². The van der Waals surface area contributed by atoms with E-state index in [9.17, 15) is 0 Å². The molecule has 0 aromatic heterocycles. The van der Waals surface area contributed by atoms with E-state index in [4.69, 9.17) is 24.0 Å².